The van der Waals surface area contributed by atoms with Gasteiger partial charge < -0.3 is 15.4 Å². The Morgan fingerprint density at radius 1 is 1.33 bits per heavy atom. The standard InChI is InChI=1S/C17H15ClN2O2S2/c18-12-3-1-10(2-4-12)7-19-15(22)5-11-8-20-17-14(16(11)23)6-13(9-21)24-17/h1-4,6,8,21H,5,7,9H2,(H,19,22)(H,20,23). The van der Waals surface area contributed by atoms with Gasteiger partial charge in [-0.05, 0) is 29.3 Å². The molecule has 0 aliphatic heterocycles. The fourth-order valence-corrected chi connectivity index (χ4v) is 3.73. The molecule has 24 heavy (non-hydrogen) atoms. The summed E-state index contributed by atoms with van der Waals surface area (Å²) in [5.41, 5.74) is 1.76. The van der Waals surface area contributed by atoms with Crippen molar-refractivity contribution in [3.05, 3.63) is 62.1 Å². The number of benzene rings is 1. The van der Waals surface area contributed by atoms with Crippen LogP contribution in [0.25, 0.3) is 10.2 Å². The number of halogens is 1. The van der Waals surface area contributed by atoms with Gasteiger partial charge in [-0.15, -0.1) is 11.3 Å². The number of rotatable bonds is 5. The molecule has 0 unspecified atom stereocenters. The largest absolute Gasteiger partial charge is 0.391 e. The fourth-order valence-electron chi connectivity index (χ4n) is 2.36. The molecule has 0 bridgehead atoms. The first kappa shape index (κ1) is 17.1. The van der Waals surface area contributed by atoms with Crippen molar-refractivity contribution in [3.8, 4) is 0 Å². The molecule has 2 aromatic heterocycles. The minimum absolute atomic E-state index is 0.0150. The molecule has 3 aromatic rings. The van der Waals surface area contributed by atoms with Crippen LogP contribution >= 0.6 is 35.2 Å². The van der Waals surface area contributed by atoms with Crippen LogP contribution in [0, 0.1) is 4.51 Å². The number of hydrogen-bond donors (Lipinski definition) is 3. The molecule has 3 rings (SSSR count). The Morgan fingerprint density at radius 2 is 2.08 bits per heavy atom. The Morgan fingerprint density at radius 3 is 2.79 bits per heavy atom. The molecule has 0 aliphatic carbocycles. The summed E-state index contributed by atoms with van der Waals surface area (Å²) in [6, 6.07) is 9.21. The van der Waals surface area contributed by atoms with Gasteiger partial charge in [0.2, 0.25) is 5.91 Å². The first-order chi connectivity index (χ1) is 11.6. The molecule has 0 saturated carbocycles. The fraction of sp³-hybridized carbons (Fsp3) is 0.176. The van der Waals surface area contributed by atoms with E-state index >= 15 is 0 Å². The summed E-state index contributed by atoms with van der Waals surface area (Å²) in [7, 11) is 0. The Balaban J connectivity index is 1.69. The minimum atomic E-state index is -0.0959. The zero-order valence-electron chi connectivity index (χ0n) is 12.6. The van der Waals surface area contributed by atoms with Crippen LogP contribution in [-0.2, 0) is 24.4 Å². The number of amides is 1. The van der Waals surface area contributed by atoms with Crippen molar-refractivity contribution in [2.45, 2.75) is 19.6 Å². The number of nitrogens with one attached hydrogen (secondary N) is 2. The van der Waals surface area contributed by atoms with Crippen molar-refractivity contribution < 1.29 is 9.90 Å². The molecule has 0 atom stereocenters. The molecule has 1 amide bonds. The van der Waals surface area contributed by atoms with E-state index in [1.54, 1.807) is 18.3 Å². The van der Waals surface area contributed by atoms with Crippen molar-refractivity contribution in [1.29, 1.82) is 0 Å². The molecular formula is C17H15ClN2O2S2. The highest BCUT2D eigenvalue weighted by Crippen LogP contribution is 2.26. The van der Waals surface area contributed by atoms with Crippen molar-refractivity contribution in [2.75, 3.05) is 0 Å². The molecule has 0 saturated heterocycles. The summed E-state index contributed by atoms with van der Waals surface area (Å²) in [6.07, 6.45) is 1.98. The summed E-state index contributed by atoms with van der Waals surface area (Å²) in [5, 5.41) is 13.7. The average Bonchev–Trinajstić information content (AvgIpc) is 3.01. The second-order valence-corrected chi connectivity index (χ2v) is 7.32. The second-order valence-electron chi connectivity index (χ2n) is 5.34. The van der Waals surface area contributed by atoms with Crippen LogP contribution in [0.5, 0.6) is 0 Å². The van der Waals surface area contributed by atoms with Crippen LogP contribution in [0.15, 0.2) is 36.5 Å². The second kappa shape index (κ2) is 7.44. The van der Waals surface area contributed by atoms with Gasteiger partial charge in [0.25, 0.3) is 0 Å². The highest BCUT2D eigenvalue weighted by molar-refractivity contribution is 7.71. The van der Waals surface area contributed by atoms with Gasteiger partial charge in [-0.2, -0.15) is 0 Å². The van der Waals surface area contributed by atoms with E-state index in [-0.39, 0.29) is 18.9 Å². The maximum absolute atomic E-state index is 12.2. The highest BCUT2D eigenvalue weighted by atomic mass is 35.5. The summed E-state index contributed by atoms with van der Waals surface area (Å²) in [4.78, 5) is 17.1. The number of hydrogen-bond acceptors (Lipinski definition) is 4. The number of aliphatic hydroxyl groups is 1. The lowest BCUT2D eigenvalue weighted by Gasteiger charge is -2.06. The zero-order valence-corrected chi connectivity index (χ0v) is 15.0. The van der Waals surface area contributed by atoms with Gasteiger partial charge in [0.15, 0.2) is 0 Å². The van der Waals surface area contributed by atoms with Crippen LogP contribution in [0.1, 0.15) is 16.0 Å². The zero-order chi connectivity index (χ0) is 17.1. The highest BCUT2D eigenvalue weighted by Gasteiger charge is 2.10. The monoisotopic (exact) mass is 378 g/mol. The van der Waals surface area contributed by atoms with Crippen LogP contribution in [-0.4, -0.2) is 16.0 Å². The predicted octanol–water partition coefficient (Wildman–Crippen LogP) is 3.96. The Labute approximate surface area is 153 Å². The lowest BCUT2D eigenvalue weighted by molar-refractivity contribution is -0.120. The summed E-state index contributed by atoms with van der Waals surface area (Å²) >= 11 is 12.8. The number of H-pyrrole nitrogens is 1. The van der Waals surface area contributed by atoms with E-state index in [4.69, 9.17) is 23.8 Å². The number of aromatic nitrogens is 1. The molecule has 2 heterocycles. The first-order valence-electron chi connectivity index (χ1n) is 7.32. The number of carbonyl (C=O) groups excluding carboxylic acids is 1. The normalized spacial score (nSPS) is 10.9. The third-order valence-electron chi connectivity index (χ3n) is 3.61. The first-order valence-corrected chi connectivity index (χ1v) is 8.92. The van der Waals surface area contributed by atoms with E-state index in [0.717, 1.165) is 26.2 Å². The molecule has 124 valence electrons. The average molecular weight is 379 g/mol. The number of carbonyl (C=O) groups is 1. The van der Waals surface area contributed by atoms with Gasteiger partial charge in [-0.25, -0.2) is 0 Å². The van der Waals surface area contributed by atoms with E-state index in [9.17, 15) is 9.90 Å². The molecule has 4 nitrogen and oxygen atoms in total. The Kier molecular flexibility index (Phi) is 5.30. The van der Waals surface area contributed by atoms with Crippen molar-refractivity contribution in [1.82, 2.24) is 10.3 Å². The molecule has 7 heteroatoms. The molecule has 0 aliphatic rings. The number of thiophene rings is 1. The molecule has 0 fully saturated rings. The van der Waals surface area contributed by atoms with Gasteiger partial charge in [-0.1, -0.05) is 36.0 Å². The third-order valence-corrected chi connectivity index (χ3v) is 5.39. The predicted molar refractivity (Wildman–Crippen MR) is 99.9 cm³/mol. The van der Waals surface area contributed by atoms with Crippen molar-refractivity contribution >= 4 is 51.3 Å². The van der Waals surface area contributed by atoms with E-state index in [1.165, 1.54) is 11.3 Å². The third kappa shape index (κ3) is 3.84. The Bertz CT molecular complexity index is 932. The van der Waals surface area contributed by atoms with E-state index in [2.05, 4.69) is 10.3 Å². The maximum atomic E-state index is 12.2. The lowest BCUT2D eigenvalue weighted by Crippen LogP contribution is -2.24. The smallest absolute Gasteiger partial charge is 0.224 e. The lowest BCUT2D eigenvalue weighted by atomic mass is 10.1. The summed E-state index contributed by atoms with van der Waals surface area (Å²) in [6.45, 7) is 0.431. The van der Waals surface area contributed by atoms with Crippen LogP contribution < -0.4 is 5.32 Å². The molecular weight excluding hydrogens is 364 g/mol. The van der Waals surface area contributed by atoms with E-state index < -0.39 is 0 Å². The van der Waals surface area contributed by atoms with Gasteiger partial charge in [0.05, 0.1) is 17.5 Å². The number of pyridine rings is 1. The SMILES string of the molecule is O=C(Cc1c[nH]c2sc(CO)cc2c1=S)NCc1ccc(Cl)cc1. The van der Waals surface area contributed by atoms with Gasteiger partial charge in [0, 0.05) is 28.0 Å². The quantitative estimate of drug-likeness (QED) is 0.589. The Hall–Kier alpha value is -1.73. The summed E-state index contributed by atoms with van der Waals surface area (Å²) in [5.74, 6) is -0.0959. The molecule has 0 radical (unpaired) electrons. The maximum Gasteiger partial charge on any atom is 0.224 e. The van der Waals surface area contributed by atoms with Crippen LogP contribution in [0.2, 0.25) is 5.02 Å². The van der Waals surface area contributed by atoms with Crippen LogP contribution in [0.4, 0.5) is 0 Å². The number of fused-ring (bicyclic) bond motifs is 1. The molecule has 3 N–H and O–H groups in total. The van der Waals surface area contributed by atoms with E-state index in [0.29, 0.717) is 16.1 Å². The minimum Gasteiger partial charge on any atom is -0.391 e. The topological polar surface area (TPSA) is 65.1 Å². The molecule has 0 spiro atoms. The van der Waals surface area contributed by atoms with Crippen molar-refractivity contribution in [2.24, 2.45) is 0 Å². The van der Waals surface area contributed by atoms with Crippen molar-refractivity contribution in [3.63, 3.8) is 0 Å². The molecule has 1 aromatic carbocycles. The van der Waals surface area contributed by atoms with Gasteiger partial charge in [-0.3, -0.25) is 4.79 Å². The van der Waals surface area contributed by atoms with Crippen LogP contribution in [0.3, 0.4) is 0 Å². The number of aliphatic hydroxyl groups excluding tert-OH is 1. The summed E-state index contributed by atoms with van der Waals surface area (Å²) < 4.78 is 0.654. The van der Waals surface area contributed by atoms with E-state index in [1.807, 2.05) is 18.2 Å². The van der Waals surface area contributed by atoms with Gasteiger partial charge >= 0.3 is 0 Å². The number of aromatic amines is 1. The van der Waals surface area contributed by atoms with Gasteiger partial charge in [0.1, 0.15) is 4.83 Å².